The average molecular weight is 181 g/mol. The second kappa shape index (κ2) is 3.57. The third-order valence-corrected chi connectivity index (χ3v) is 1.45. The van der Waals surface area contributed by atoms with Gasteiger partial charge >= 0.3 is 5.97 Å². The van der Waals surface area contributed by atoms with Gasteiger partial charge in [0, 0.05) is 5.69 Å². The molecule has 5 heteroatoms. The van der Waals surface area contributed by atoms with Crippen LogP contribution in [0.25, 0.3) is 0 Å². The van der Waals surface area contributed by atoms with E-state index in [4.69, 9.17) is 10.2 Å². The van der Waals surface area contributed by atoms with Gasteiger partial charge in [-0.3, -0.25) is 4.79 Å². The Bertz CT molecular complexity index is 348. The first-order chi connectivity index (χ1) is 6.15. The maximum Gasteiger partial charge on any atom is 0.339 e. The van der Waals surface area contributed by atoms with E-state index in [0.29, 0.717) is 12.1 Å². The van der Waals surface area contributed by atoms with E-state index in [9.17, 15) is 9.59 Å². The minimum absolute atomic E-state index is 0.244. The van der Waals surface area contributed by atoms with E-state index >= 15 is 0 Å². The first kappa shape index (κ1) is 9.05. The standard InChI is InChI=1S/C8H7NO4/c10-4-9-5-1-2-7(11)6(3-5)8(12)13/h1-4,11H,(H,9,10)(H,12,13). The van der Waals surface area contributed by atoms with Gasteiger partial charge in [0.15, 0.2) is 0 Å². The molecule has 0 aromatic heterocycles. The van der Waals surface area contributed by atoms with Crippen LogP contribution in [0.5, 0.6) is 5.75 Å². The molecule has 0 heterocycles. The summed E-state index contributed by atoms with van der Waals surface area (Å²) in [5.41, 5.74) is 0.0806. The molecule has 0 aliphatic rings. The van der Waals surface area contributed by atoms with E-state index in [1.54, 1.807) is 0 Å². The fraction of sp³-hybridized carbons (Fsp3) is 0. The maximum atomic E-state index is 10.5. The van der Waals surface area contributed by atoms with Gasteiger partial charge < -0.3 is 15.5 Å². The molecule has 0 unspecified atom stereocenters. The number of nitrogens with one attached hydrogen (secondary N) is 1. The van der Waals surface area contributed by atoms with Crippen molar-refractivity contribution in [3.63, 3.8) is 0 Å². The fourth-order valence-corrected chi connectivity index (χ4v) is 0.865. The monoisotopic (exact) mass is 181 g/mol. The highest BCUT2D eigenvalue weighted by atomic mass is 16.4. The van der Waals surface area contributed by atoms with E-state index in [1.807, 2.05) is 0 Å². The van der Waals surface area contributed by atoms with Crippen molar-refractivity contribution in [2.45, 2.75) is 0 Å². The number of aromatic carboxylic acids is 1. The Hall–Kier alpha value is -2.04. The van der Waals surface area contributed by atoms with E-state index in [2.05, 4.69) is 5.32 Å². The van der Waals surface area contributed by atoms with Crippen molar-refractivity contribution >= 4 is 18.1 Å². The van der Waals surface area contributed by atoms with Crippen LogP contribution in [0, 0.1) is 0 Å². The number of hydrogen-bond donors (Lipinski definition) is 3. The normalized spacial score (nSPS) is 9.23. The summed E-state index contributed by atoms with van der Waals surface area (Å²) in [5, 5.41) is 19.9. The van der Waals surface area contributed by atoms with Crippen molar-refractivity contribution in [2.24, 2.45) is 0 Å². The van der Waals surface area contributed by atoms with Crippen molar-refractivity contribution < 1.29 is 19.8 Å². The number of aromatic hydroxyl groups is 1. The number of rotatable bonds is 3. The van der Waals surface area contributed by atoms with Crippen molar-refractivity contribution in [1.82, 2.24) is 0 Å². The van der Waals surface area contributed by atoms with E-state index in [-0.39, 0.29) is 11.3 Å². The lowest BCUT2D eigenvalue weighted by atomic mass is 10.2. The third-order valence-electron chi connectivity index (χ3n) is 1.45. The lowest BCUT2D eigenvalue weighted by Crippen LogP contribution is -1.99. The molecular formula is C8H7NO4. The number of carboxylic acids is 1. The van der Waals surface area contributed by atoms with Crippen LogP contribution in [0.1, 0.15) is 10.4 Å². The summed E-state index contributed by atoms with van der Waals surface area (Å²) in [6.07, 6.45) is 0.429. The number of benzene rings is 1. The summed E-state index contributed by atoms with van der Waals surface area (Å²) in [7, 11) is 0. The molecule has 68 valence electrons. The molecule has 0 aliphatic carbocycles. The number of amides is 1. The molecule has 0 atom stereocenters. The molecule has 13 heavy (non-hydrogen) atoms. The van der Waals surface area contributed by atoms with Crippen molar-refractivity contribution in [1.29, 1.82) is 0 Å². The third kappa shape index (κ3) is 1.96. The van der Waals surface area contributed by atoms with E-state index in [1.165, 1.54) is 18.2 Å². The van der Waals surface area contributed by atoms with Gasteiger partial charge in [0.25, 0.3) is 0 Å². The van der Waals surface area contributed by atoms with E-state index < -0.39 is 5.97 Å². The Morgan fingerprint density at radius 3 is 2.69 bits per heavy atom. The van der Waals surface area contributed by atoms with Gasteiger partial charge in [-0.05, 0) is 18.2 Å². The van der Waals surface area contributed by atoms with Gasteiger partial charge in [-0.15, -0.1) is 0 Å². The topological polar surface area (TPSA) is 86.6 Å². The molecule has 0 bridgehead atoms. The molecule has 5 nitrogen and oxygen atoms in total. The van der Waals surface area contributed by atoms with Crippen LogP contribution in [-0.2, 0) is 4.79 Å². The molecule has 1 rings (SSSR count). The predicted molar refractivity (Wildman–Crippen MR) is 44.8 cm³/mol. The second-order valence-electron chi connectivity index (χ2n) is 2.30. The zero-order valence-corrected chi connectivity index (χ0v) is 6.52. The second-order valence-corrected chi connectivity index (χ2v) is 2.30. The van der Waals surface area contributed by atoms with Crippen molar-refractivity contribution in [2.75, 3.05) is 5.32 Å². The van der Waals surface area contributed by atoms with Gasteiger partial charge in [-0.25, -0.2) is 4.79 Å². The molecule has 1 aromatic rings. The largest absolute Gasteiger partial charge is 0.507 e. The first-order valence-corrected chi connectivity index (χ1v) is 3.41. The number of hydrogen-bond acceptors (Lipinski definition) is 3. The minimum Gasteiger partial charge on any atom is -0.507 e. The van der Waals surface area contributed by atoms with Crippen LogP contribution < -0.4 is 5.32 Å². The smallest absolute Gasteiger partial charge is 0.339 e. The van der Waals surface area contributed by atoms with Crippen LogP contribution in [0.2, 0.25) is 0 Å². The molecule has 3 N–H and O–H groups in total. The quantitative estimate of drug-likeness (QED) is 0.472. The number of anilines is 1. The minimum atomic E-state index is -1.24. The van der Waals surface area contributed by atoms with Gasteiger partial charge in [0.1, 0.15) is 11.3 Å². The summed E-state index contributed by atoms with van der Waals surface area (Å²) >= 11 is 0. The Labute approximate surface area is 73.6 Å². The highest BCUT2D eigenvalue weighted by Crippen LogP contribution is 2.20. The molecular weight excluding hydrogens is 174 g/mol. The summed E-state index contributed by atoms with van der Waals surface area (Å²) in [6, 6.07) is 3.78. The maximum absolute atomic E-state index is 10.5. The molecule has 0 radical (unpaired) electrons. The van der Waals surface area contributed by atoms with Crippen LogP contribution in [0.3, 0.4) is 0 Å². The molecule has 0 spiro atoms. The molecule has 0 saturated heterocycles. The van der Waals surface area contributed by atoms with Crippen molar-refractivity contribution in [3.05, 3.63) is 23.8 Å². The number of carboxylic acid groups (broad SMARTS) is 1. The number of carbonyl (C=O) groups excluding carboxylic acids is 1. The summed E-state index contributed by atoms with van der Waals surface area (Å²) in [4.78, 5) is 20.5. The molecule has 0 saturated carbocycles. The SMILES string of the molecule is O=CNc1ccc(O)c(C(=O)O)c1. The summed E-state index contributed by atoms with van der Waals surface area (Å²) in [5.74, 6) is -1.57. The number of phenols is 1. The lowest BCUT2D eigenvalue weighted by molar-refractivity contribution is -0.105. The Morgan fingerprint density at radius 1 is 1.46 bits per heavy atom. The van der Waals surface area contributed by atoms with Gasteiger partial charge in [0.2, 0.25) is 6.41 Å². The Kier molecular flexibility index (Phi) is 2.49. The molecule has 0 aliphatic heterocycles. The van der Waals surface area contributed by atoms with Gasteiger partial charge in [-0.2, -0.15) is 0 Å². The van der Waals surface area contributed by atoms with Crippen LogP contribution in [0.4, 0.5) is 5.69 Å². The Balaban J connectivity index is 3.10. The Morgan fingerprint density at radius 2 is 2.15 bits per heavy atom. The number of carbonyl (C=O) groups is 2. The van der Waals surface area contributed by atoms with Crippen LogP contribution >= 0.6 is 0 Å². The van der Waals surface area contributed by atoms with Crippen molar-refractivity contribution in [3.8, 4) is 5.75 Å². The molecule has 0 fully saturated rings. The first-order valence-electron chi connectivity index (χ1n) is 3.41. The highest BCUT2D eigenvalue weighted by molar-refractivity contribution is 5.92. The lowest BCUT2D eigenvalue weighted by Gasteiger charge is -2.02. The zero-order chi connectivity index (χ0) is 9.84. The molecule has 1 amide bonds. The van der Waals surface area contributed by atoms with Gasteiger partial charge in [0.05, 0.1) is 0 Å². The van der Waals surface area contributed by atoms with E-state index in [0.717, 1.165) is 0 Å². The highest BCUT2D eigenvalue weighted by Gasteiger charge is 2.09. The fourth-order valence-electron chi connectivity index (χ4n) is 0.865. The summed E-state index contributed by atoms with van der Waals surface area (Å²) in [6.45, 7) is 0. The van der Waals surface area contributed by atoms with Crippen LogP contribution in [0.15, 0.2) is 18.2 Å². The van der Waals surface area contributed by atoms with Crippen LogP contribution in [-0.4, -0.2) is 22.6 Å². The zero-order valence-electron chi connectivity index (χ0n) is 6.52. The predicted octanol–water partition coefficient (Wildman–Crippen LogP) is 0.659. The molecule has 1 aromatic carbocycles. The average Bonchev–Trinajstić information content (AvgIpc) is 2.08. The summed E-state index contributed by atoms with van der Waals surface area (Å²) < 4.78 is 0. The van der Waals surface area contributed by atoms with Gasteiger partial charge in [-0.1, -0.05) is 0 Å².